The highest BCUT2D eigenvalue weighted by Crippen LogP contribution is 2.46. The third kappa shape index (κ3) is 7.76. The van der Waals surface area contributed by atoms with Gasteiger partial charge in [0.15, 0.2) is 6.10 Å². The second kappa shape index (κ2) is 13.2. The number of carbonyl (C=O) groups is 1. The van der Waals surface area contributed by atoms with Crippen LogP contribution in [-0.2, 0) is 16.0 Å². The SMILES string of the molecule is Cc1cn(-c2nc(C)c(C(OC(C)(C)C)C(=O)O)c(N3CCC(C)(C)CC3)c2-c2ccc(OCCc3ccc(F)cc3)cc2)cn1. The molecule has 1 unspecified atom stereocenters. The van der Waals surface area contributed by atoms with Crippen LogP contribution in [0.3, 0.4) is 0 Å². The van der Waals surface area contributed by atoms with Gasteiger partial charge in [-0.25, -0.2) is 19.2 Å². The number of anilines is 1. The summed E-state index contributed by atoms with van der Waals surface area (Å²) in [6.45, 7) is 15.9. The van der Waals surface area contributed by atoms with Crippen LogP contribution in [0.25, 0.3) is 16.9 Å². The van der Waals surface area contributed by atoms with E-state index >= 15 is 0 Å². The van der Waals surface area contributed by atoms with Gasteiger partial charge in [0.2, 0.25) is 0 Å². The zero-order valence-corrected chi connectivity index (χ0v) is 27.9. The van der Waals surface area contributed by atoms with Gasteiger partial charge in [0, 0.05) is 42.5 Å². The number of carboxylic acid groups (broad SMARTS) is 1. The summed E-state index contributed by atoms with van der Waals surface area (Å²) in [5.74, 6) is 0.0606. The number of imidazole rings is 1. The molecular formula is C37H45FN4O4. The Bertz CT molecular complexity index is 1660. The number of pyridine rings is 1. The summed E-state index contributed by atoms with van der Waals surface area (Å²) in [5.41, 5.74) is 5.01. The Morgan fingerprint density at radius 1 is 1.04 bits per heavy atom. The molecule has 9 heteroatoms. The van der Waals surface area contributed by atoms with Crippen LogP contribution < -0.4 is 9.64 Å². The fourth-order valence-electron chi connectivity index (χ4n) is 5.90. The van der Waals surface area contributed by atoms with Crippen LogP contribution in [0, 0.1) is 25.1 Å². The highest BCUT2D eigenvalue weighted by atomic mass is 19.1. The Hall–Kier alpha value is -4.24. The average molecular weight is 629 g/mol. The normalized spacial score (nSPS) is 15.5. The predicted molar refractivity (Wildman–Crippen MR) is 178 cm³/mol. The molecule has 0 saturated carbocycles. The van der Waals surface area contributed by atoms with Gasteiger partial charge in [0.1, 0.15) is 23.7 Å². The van der Waals surface area contributed by atoms with E-state index in [1.54, 1.807) is 18.5 Å². The molecule has 0 bridgehead atoms. The van der Waals surface area contributed by atoms with Gasteiger partial charge in [0.25, 0.3) is 0 Å². The third-order valence-corrected chi connectivity index (χ3v) is 8.44. The maximum Gasteiger partial charge on any atom is 0.337 e. The fourth-order valence-corrected chi connectivity index (χ4v) is 5.90. The molecule has 5 rings (SSSR count). The Morgan fingerprint density at radius 2 is 1.70 bits per heavy atom. The Balaban J connectivity index is 1.63. The van der Waals surface area contributed by atoms with Gasteiger partial charge in [-0.05, 0) is 88.3 Å². The third-order valence-electron chi connectivity index (χ3n) is 8.44. The van der Waals surface area contributed by atoms with Crippen molar-refractivity contribution >= 4 is 11.7 Å². The maximum absolute atomic E-state index is 13.3. The monoisotopic (exact) mass is 628 g/mol. The minimum absolute atomic E-state index is 0.185. The molecule has 2 aromatic carbocycles. The molecule has 244 valence electrons. The van der Waals surface area contributed by atoms with Gasteiger partial charge in [-0.15, -0.1) is 0 Å². The van der Waals surface area contributed by atoms with E-state index in [1.165, 1.54) is 12.1 Å². The summed E-state index contributed by atoms with van der Waals surface area (Å²) < 4.78 is 27.5. The first-order valence-electron chi connectivity index (χ1n) is 15.9. The molecule has 0 spiro atoms. The van der Waals surface area contributed by atoms with Gasteiger partial charge in [-0.3, -0.25) is 4.57 Å². The van der Waals surface area contributed by atoms with E-state index in [1.807, 2.05) is 69.6 Å². The lowest BCUT2D eigenvalue weighted by Crippen LogP contribution is -2.39. The molecule has 0 amide bonds. The lowest BCUT2D eigenvalue weighted by atomic mass is 9.82. The number of carboxylic acids is 1. The summed E-state index contributed by atoms with van der Waals surface area (Å²) in [6, 6.07) is 14.3. The van der Waals surface area contributed by atoms with E-state index in [2.05, 4.69) is 23.7 Å². The van der Waals surface area contributed by atoms with Crippen LogP contribution in [-0.4, -0.2) is 50.9 Å². The highest BCUT2D eigenvalue weighted by Gasteiger charge is 2.37. The van der Waals surface area contributed by atoms with Crippen LogP contribution in [0.1, 0.15) is 76.1 Å². The minimum atomic E-state index is -1.22. The van der Waals surface area contributed by atoms with E-state index in [9.17, 15) is 14.3 Å². The number of benzene rings is 2. The number of rotatable bonds is 10. The Morgan fingerprint density at radius 3 is 2.26 bits per heavy atom. The molecule has 1 aliphatic heterocycles. The summed E-state index contributed by atoms with van der Waals surface area (Å²) >= 11 is 0. The quantitative estimate of drug-likeness (QED) is 0.191. The molecule has 1 fully saturated rings. The van der Waals surface area contributed by atoms with Gasteiger partial charge in [0.05, 0.1) is 23.6 Å². The lowest BCUT2D eigenvalue weighted by molar-refractivity contribution is -0.160. The van der Waals surface area contributed by atoms with Crippen molar-refractivity contribution in [2.45, 2.75) is 79.4 Å². The first kappa shape index (κ1) is 33.1. The van der Waals surface area contributed by atoms with Crippen molar-refractivity contribution in [3.05, 3.63) is 89.4 Å². The molecule has 1 aliphatic rings. The predicted octanol–water partition coefficient (Wildman–Crippen LogP) is 7.88. The Kier molecular flexibility index (Phi) is 9.54. The van der Waals surface area contributed by atoms with Gasteiger partial charge in [-0.2, -0.15) is 0 Å². The molecule has 8 nitrogen and oxygen atoms in total. The summed E-state index contributed by atoms with van der Waals surface area (Å²) in [5, 5.41) is 10.6. The molecule has 2 aromatic heterocycles. The van der Waals surface area contributed by atoms with E-state index in [-0.39, 0.29) is 11.2 Å². The van der Waals surface area contributed by atoms with Crippen molar-refractivity contribution in [1.29, 1.82) is 0 Å². The van der Waals surface area contributed by atoms with E-state index < -0.39 is 17.7 Å². The molecule has 1 saturated heterocycles. The van der Waals surface area contributed by atoms with Crippen LogP contribution in [0.2, 0.25) is 0 Å². The van der Waals surface area contributed by atoms with Crippen molar-refractivity contribution in [2.24, 2.45) is 5.41 Å². The van der Waals surface area contributed by atoms with Crippen molar-refractivity contribution in [3.8, 4) is 22.7 Å². The van der Waals surface area contributed by atoms with Crippen molar-refractivity contribution < 1.29 is 23.8 Å². The molecular weight excluding hydrogens is 583 g/mol. The molecule has 46 heavy (non-hydrogen) atoms. The van der Waals surface area contributed by atoms with Gasteiger partial charge < -0.3 is 19.5 Å². The number of aryl methyl sites for hydroxylation is 2. The summed E-state index contributed by atoms with van der Waals surface area (Å²) in [7, 11) is 0. The van der Waals surface area contributed by atoms with E-state index in [0.29, 0.717) is 35.9 Å². The number of hydrogen-bond acceptors (Lipinski definition) is 6. The standard InChI is InChI=1S/C37H45FN4O4/c1-24-22-42(23-39-24)34-31(27-10-14-29(15-11-27)45-21-16-26-8-12-28(38)13-9-26)32(41-19-17-37(6,7)18-20-41)30(25(2)40-34)33(35(43)44)46-36(3,4)5/h8-15,22-23,33H,16-21H2,1-7H3,(H,43,44). The first-order chi connectivity index (χ1) is 21.7. The molecule has 1 atom stereocenters. The number of aromatic nitrogens is 3. The second-order valence-electron chi connectivity index (χ2n) is 13.9. The van der Waals surface area contributed by atoms with Crippen molar-refractivity contribution in [1.82, 2.24) is 14.5 Å². The zero-order chi connectivity index (χ0) is 33.2. The first-order valence-corrected chi connectivity index (χ1v) is 15.9. The largest absolute Gasteiger partial charge is 0.493 e. The van der Waals surface area contributed by atoms with E-state index in [4.69, 9.17) is 14.5 Å². The number of piperidine rings is 1. The van der Waals surface area contributed by atoms with Gasteiger partial charge >= 0.3 is 5.97 Å². The summed E-state index contributed by atoms with van der Waals surface area (Å²) in [6.07, 6.45) is 5.04. The maximum atomic E-state index is 13.3. The minimum Gasteiger partial charge on any atom is -0.493 e. The second-order valence-corrected chi connectivity index (χ2v) is 13.9. The number of ether oxygens (including phenoxy) is 2. The number of nitrogens with zero attached hydrogens (tertiary/aromatic N) is 4. The zero-order valence-electron chi connectivity index (χ0n) is 27.9. The molecule has 4 aromatic rings. The average Bonchev–Trinajstić information content (AvgIpc) is 3.42. The Labute approximate surface area is 271 Å². The smallest absolute Gasteiger partial charge is 0.337 e. The highest BCUT2D eigenvalue weighted by molar-refractivity contribution is 5.90. The van der Waals surface area contributed by atoms with Crippen molar-refractivity contribution in [3.63, 3.8) is 0 Å². The molecule has 1 N–H and O–H groups in total. The van der Waals surface area contributed by atoms with Crippen LogP contribution in [0.4, 0.5) is 10.1 Å². The molecule has 3 heterocycles. The van der Waals surface area contributed by atoms with Crippen molar-refractivity contribution in [2.75, 3.05) is 24.6 Å². The van der Waals surface area contributed by atoms with Gasteiger partial charge in [-0.1, -0.05) is 38.1 Å². The lowest BCUT2D eigenvalue weighted by Gasteiger charge is -2.41. The van der Waals surface area contributed by atoms with Crippen LogP contribution in [0.5, 0.6) is 5.75 Å². The van der Waals surface area contributed by atoms with Crippen LogP contribution >= 0.6 is 0 Å². The topological polar surface area (TPSA) is 89.7 Å². The van der Waals surface area contributed by atoms with Crippen LogP contribution in [0.15, 0.2) is 61.1 Å². The molecule has 0 aliphatic carbocycles. The number of hydrogen-bond donors (Lipinski definition) is 1. The fraction of sp³-hybridized carbons (Fsp3) is 0.432. The number of halogens is 1. The number of aliphatic carboxylic acids is 1. The van der Waals surface area contributed by atoms with E-state index in [0.717, 1.165) is 54.0 Å². The summed E-state index contributed by atoms with van der Waals surface area (Å²) in [4.78, 5) is 24.8. The molecule has 0 radical (unpaired) electrons.